The van der Waals surface area contributed by atoms with E-state index in [0.29, 0.717) is 0 Å². The van der Waals surface area contributed by atoms with Crippen LogP contribution in [0.1, 0.15) is 5.82 Å². The van der Waals surface area contributed by atoms with Crippen molar-refractivity contribution >= 4 is 22.9 Å². The average molecular weight is 291 g/mol. The van der Waals surface area contributed by atoms with Gasteiger partial charge in [-0.3, -0.25) is 4.90 Å². The number of aryl methyl sites for hydroxylation is 2. The third kappa shape index (κ3) is 2.52. The number of hydrogen-bond acceptors (Lipinski definition) is 7. The van der Waals surface area contributed by atoms with Crippen LogP contribution in [0.4, 0.5) is 11.8 Å². The number of aliphatic hydroxyl groups excluding tert-OH is 1. The Morgan fingerprint density at radius 2 is 1.86 bits per heavy atom. The molecular formula is C13H21N7O. The molecule has 114 valence electrons. The molecule has 1 fully saturated rings. The van der Waals surface area contributed by atoms with Crippen LogP contribution in [0.3, 0.4) is 0 Å². The molecule has 0 radical (unpaired) electrons. The maximum atomic E-state index is 9.01. The Kier molecular flexibility index (Phi) is 3.64. The summed E-state index contributed by atoms with van der Waals surface area (Å²) in [6.07, 6.45) is 0. The fourth-order valence-electron chi connectivity index (χ4n) is 2.72. The Morgan fingerprint density at radius 1 is 1.14 bits per heavy atom. The van der Waals surface area contributed by atoms with Crippen molar-refractivity contribution in [2.75, 3.05) is 50.0 Å². The minimum Gasteiger partial charge on any atom is -0.395 e. The number of rotatable bonds is 3. The summed E-state index contributed by atoms with van der Waals surface area (Å²) >= 11 is 0. The van der Waals surface area contributed by atoms with E-state index >= 15 is 0 Å². The lowest BCUT2D eigenvalue weighted by Gasteiger charge is -2.35. The molecule has 3 N–H and O–H groups in total. The Bertz CT molecular complexity index is 645. The second-order valence-corrected chi connectivity index (χ2v) is 5.35. The van der Waals surface area contributed by atoms with Crippen molar-refractivity contribution in [2.45, 2.75) is 6.92 Å². The number of piperazine rings is 1. The van der Waals surface area contributed by atoms with Crippen LogP contribution in [0.2, 0.25) is 0 Å². The van der Waals surface area contributed by atoms with Crippen LogP contribution < -0.4 is 10.6 Å². The van der Waals surface area contributed by atoms with Crippen molar-refractivity contribution in [3.8, 4) is 0 Å². The molecular weight excluding hydrogens is 270 g/mol. The van der Waals surface area contributed by atoms with Crippen molar-refractivity contribution in [3.05, 3.63) is 5.82 Å². The molecule has 8 nitrogen and oxygen atoms in total. The molecule has 0 bridgehead atoms. The second kappa shape index (κ2) is 5.45. The number of fused-ring (bicyclic) bond motifs is 1. The maximum Gasteiger partial charge on any atom is 0.224 e. The first-order chi connectivity index (χ1) is 10.1. The van der Waals surface area contributed by atoms with Gasteiger partial charge in [-0.1, -0.05) is 0 Å². The minimum atomic E-state index is 0.199. The van der Waals surface area contributed by atoms with E-state index in [0.717, 1.165) is 55.5 Å². The molecule has 2 aromatic rings. The predicted molar refractivity (Wildman–Crippen MR) is 81.2 cm³/mol. The summed E-state index contributed by atoms with van der Waals surface area (Å²) in [5.74, 6) is 1.98. The Morgan fingerprint density at radius 3 is 2.52 bits per heavy atom. The summed E-state index contributed by atoms with van der Waals surface area (Å²) in [4.78, 5) is 17.7. The molecule has 1 saturated heterocycles. The van der Waals surface area contributed by atoms with Crippen LogP contribution in [0.15, 0.2) is 0 Å². The summed E-state index contributed by atoms with van der Waals surface area (Å²) in [6, 6.07) is 0. The largest absolute Gasteiger partial charge is 0.395 e. The van der Waals surface area contributed by atoms with Gasteiger partial charge in [-0.05, 0) is 6.92 Å². The fourth-order valence-corrected chi connectivity index (χ4v) is 2.72. The number of imidazole rings is 1. The highest BCUT2D eigenvalue weighted by atomic mass is 16.3. The number of hydrogen-bond donors (Lipinski definition) is 2. The molecule has 0 amide bonds. The average Bonchev–Trinajstić information content (AvgIpc) is 2.75. The first-order valence-electron chi connectivity index (χ1n) is 7.15. The van der Waals surface area contributed by atoms with E-state index in [2.05, 4.69) is 24.8 Å². The molecule has 0 aromatic carbocycles. The van der Waals surface area contributed by atoms with E-state index in [1.807, 2.05) is 18.5 Å². The summed E-state index contributed by atoms with van der Waals surface area (Å²) in [5.41, 5.74) is 7.43. The van der Waals surface area contributed by atoms with E-state index in [-0.39, 0.29) is 12.6 Å². The zero-order chi connectivity index (χ0) is 15.0. The number of nitrogen functional groups attached to an aromatic ring is 1. The first kappa shape index (κ1) is 14.0. The normalized spacial score (nSPS) is 16.8. The van der Waals surface area contributed by atoms with Crippen molar-refractivity contribution < 1.29 is 5.11 Å². The van der Waals surface area contributed by atoms with Gasteiger partial charge in [0.1, 0.15) is 5.82 Å². The van der Waals surface area contributed by atoms with Gasteiger partial charge < -0.3 is 20.3 Å². The summed E-state index contributed by atoms with van der Waals surface area (Å²) < 4.78 is 1.93. The molecule has 8 heteroatoms. The number of nitrogens with zero attached hydrogens (tertiary/aromatic N) is 6. The summed E-state index contributed by atoms with van der Waals surface area (Å²) in [5, 5.41) is 9.01. The Hall–Kier alpha value is -1.93. The van der Waals surface area contributed by atoms with Crippen LogP contribution in [0, 0.1) is 6.92 Å². The molecule has 2 aromatic heterocycles. The summed E-state index contributed by atoms with van der Waals surface area (Å²) in [7, 11) is 1.93. The monoisotopic (exact) mass is 291 g/mol. The minimum absolute atomic E-state index is 0.199. The molecule has 1 aliphatic rings. The molecule has 21 heavy (non-hydrogen) atoms. The van der Waals surface area contributed by atoms with Crippen molar-refractivity contribution in [1.29, 1.82) is 0 Å². The van der Waals surface area contributed by atoms with Crippen LogP contribution in [0.25, 0.3) is 11.2 Å². The number of nitrogens with two attached hydrogens (primary N) is 1. The maximum absolute atomic E-state index is 9.01. The molecule has 3 rings (SSSR count). The van der Waals surface area contributed by atoms with E-state index in [1.54, 1.807) is 0 Å². The number of β-amino-alcohol motifs (C(OH)–C–C–N with tert-alkyl or cyclic N) is 1. The molecule has 3 heterocycles. The van der Waals surface area contributed by atoms with E-state index in [4.69, 9.17) is 10.8 Å². The third-order valence-electron chi connectivity index (χ3n) is 4.03. The lowest BCUT2D eigenvalue weighted by molar-refractivity contribution is 0.188. The number of aliphatic hydroxyl groups is 1. The van der Waals surface area contributed by atoms with E-state index in [1.165, 1.54) is 0 Å². The lowest BCUT2D eigenvalue weighted by Crippen LogP contribution is -2.47. The molecule has 0 saturated carbocycles. The van der Waals surface area contributed by atoms with Gasteiger partial charge in [0, 0.05) is 39.8 Å². The zero-order valence-corrected chi connectivity index (χ0v) is 12.5. The van der Waals surface area contributed by atoms with Crippen molar-refractivity contribution in [3.63, 3.8) is 0 Å². The van der Waals surface area contributed by atoms with Gasteiger partial charge in [0.2, 0.25) is 5.95 Å². The van der Waals surface area contributed by atoms with Crippen molar-refractivity contribution in [2.24, 2.45) is 7.05 Å². The zero-order valence-electron chi connectivity index (χ0n) is 12.5. The van der Waals surface area contributed by atoms with Crippen LogP contribution >= 0.6 is 0 Å². The SMILES string of the molecule is Cc1nc2c(N3CCN(CCO)CC3)nc(N)nc2n1C. The van der Waals surface area contributed by atoms with Gasteiger partial charge in [-0.15, -0.1) is 0 Å². The number of anilines is 2. The van der Waals surface area contributed by atoms with Crippen LogP contribution in [0.5, 0.6) is 0 Å². The fraction of sp³-hybridized carbons (Fsp3) is 0.615. The van der Waals surface area contributed by atoms with Crippen LogP contribution in [-0.4, -0.2) is 68.9 Å². The Balaban J connectivity index is 1.92. The van der Waals surface area contributed by atoms with Crippen molar-refractivity contribution in [1.82, 2.24) is 24.4 Å². The third-order valence-corrected chi connectivity index (χ3v) is 4.03. The molecule has 0 atom stereocenters. The number of aromatic nitrogens is 4. The molecule has 0 aliphatic carbocycles. The quantitative estimate of drug-likeness (QED) is 0.777. The van der Waals surface area contributed by atoms with E-state index < -0.39 is 0 Å². The van der Waals surface area contributed by atoms with E-state index in [9.17, 15) is 0 Å². The highest BCUT2D eigenvalue weighted by Crippen LogP contribution is 2.25. The standard InChI is InChI=1S/C13H21N7O/c1-9-15-10-11(18(9)2)16-13(14)17-12(10)20-5-3-19(4-6-20)7-8-21/h21H,3-8H2,1-2H3,(H2,14,16,17). The smallest absolute Gasteiger partial charge is 0.224 e. The summed E-state index contributed by atoms with van der Waals surface area (Å²) in [6.45, 7) is 6.36. The first-order valence-corrected chi connectivity index (χ1v) is 7.15. The molecule has 0 spiro atoms. The van der Waals surface area contributed by atoms with Gasteiger partial charge in [-0.2, -0.15) is 9.97 Å². The van der Waals surface area contributed by atoms with Gasteiger partial charge in [-0.25, -0.2) is 4.98 Å². The second-order valence-electron chi connectivity index (χ2n) is 5.35. The predicted octanol–water partition coefficient (Wildman–Crippen LogP) is -0.632. The molecule has 1 aliphatic heterocycles. The van der Waals surface area contributed by atoms with Gasteiger partial charge in [0.25, 0.3) is 0 Å². The van der Waals surface area contributed by atoms with Gasteiger partial charge >= 0.3 is 0 Å². The highest BCUT2D eigenvalue weighted by Gasteiger charge is 2.22. The van der Waals surface area contributed by atoms with Gasteiger partial charge in [0.15, 0.2) is 17.0 Å². The highest BCUT2D eigenvalue weighted by molar-refractivity contribution is 5.85. The van der Waals surface area contributed by atoms with Crippen LogP contribution in [-0.2, 0) is 7.05 Å². The molecule has 0 unspecified atom stereocenters. The van der Waals surface area contributed by atoms with Gasteiger partial charge in [0.05, 0.1) is 6.61 Å². The lowest BCUT2D eigenvalue weighted by atomic mass is 10.3. The Labute approximate surface area is 123 Å². The topological polar surface area (TPSA) is 96.3 Å².